The molecular formula is C7H7ClF3P. The first-order chi connectivity index (χ1) is 5.00. The van der Waals surface area contributed by atoms with E-state index in [9.17, 15) is 13.2 Å². The Labute approximate surface area is 76.3 Å². The molecule has 0 aliphatic rings. The third-order valence-electron chi connectivity index (χ3n) is 1.17. The molecular weight excluding hydrogens is 207 g/mol. The molecule has 12 heavy (non-hydrogen) atoms. The van der Waals surface area contributed by atoms with Crippen molar-refractivity contribution in [2.75, 3.05) is 0 Å². The van der Waals surface area contributed by atoms with E-state index in [0.29, 0.717) is 5.02 Å². The number of rotatable bonds is 0. The molecule has 1 rings (SSSR count). The molecule has 0 aromatic heterocycles. The maximum Gasteiger partial charge on any atom is 0.416 e. The fourth-order valence-electron chi connectivity index (χ4n) is 0.639. The van der Waals surface area contributed by atoms with Crippen molar-refractivity contribution in [2.45, 2.75) is 6.18 Å². The van der Waals surface area contributed by atoms with Crippen LogP contribution in [0.15, 0.2) is 24.3 Å². The lowest BCUT2D eigenvalue weighted by molar-refractivity contribution is -0.137. The van der Waals surface area contributed by atoms with Gasteiger partial charge in [0, 0.05) is 5.02 Å². The molecule has 5 heteroatoms. The fourth-order valence-corrected chi connectivity index (χ4v) is 0.765. The van der Waals surface area contributed by atoms with Crippen molar-refractivity contribution in [2.24, 2.45) is 0 Å². The van der Waals surface area contributed by atoms with Gasteiger partial charge in [-0.05, 0) is 24.3 Å². The molecule has 0 spiro atoms. The highest BCUT2D eigenvalue weighted by Gasteiger charge is 2.29. The van der Waals surface area contributed by atoms with Crippen molar-refractivity contribution < 1.29 is 13.2 Å². The average molecular weight is 215 g/mol. The van der Waals surface area contributed by atoms with E-state index in [2.05, 4.69) is 0 Å². The van der Waals surface area contributed by atoms with E-state index in [1.807, 2.05) is 0 Å². The fraction of sp³-hybridized carbons (Fsp3) is 0.143. The smallest absolute Gasteiger partial charge is 0.166 e. The molecule has 0 heterocycles. The molecule has 0 fully saturated rings. The van der Waals surface area contributed by atoms with Crippen molar-refractivity contribution >= 4 is 21.5 Å². The monoisotopic (exact) mass is 214 g/mol. The van der Waals surface area contributed by atoms with Crippen LogP contribution in [-0.4, -0.2) is 0 Å². The van der Waals surface area contributed by atoms with Crippen LogP contribution in [0.25, 0.3) is 0 Å². The Bertz CT molecular complexity index is 242. The van der Waals surface area contributed by atoms with Crippen LogP contribution < -0.4 is 0 Å². The van der Waals surface area contributed by atoms with Crippen LogP contribution >= 0.6 is 21.5 Å². The molecule has 1 aromatic rings. The van der Waals surface area contributed by atoms with Gasteiger partial charge in [0.05, 0.1) is 5.56 Å². The van der Waals surface area contributed by atoms with Crippen LogP contribution in [0.3, 0.4) is 0 Å². The SMILES string of the molecule is FC(F)(F)c1ccc(Cl)cc1.P. The van der Waals surface area contributed by atoms with Gasteiger partial charge in [-0.15, -0.1) is 0 Å². The summed E-state index contributed by atoms with van der Waals surface area (Å²) in [7, 11) is 0. The van der Waals surface area contributed by atoms with Crippen molar-refractivity contribution in [3.05, 3.63) is 34.9 Å². The Morgan fingerprint density at radius 2 is 1.42 bits per heavy atom. The molecule has 68 valence electrons. The second-order valence-corrected chi connectivity index (χ2v) is 2.44. The van der Waals surface area contributed by atoms with Gasteiger partial charge in [-0.25, -0.2) is 0 Å². The highest BCUT2D eigenvalue weighted by atomic mass is 35.5. The Morgan fingerprint density at radius 1 is 1.00 bits per heavy atom. The number of benzene rings is 1. The number of alkyl halides is 3. The Morgan fingerprint density at radius 3 is 1.75 bits per heavy atom. The molecule has 0 amide bonds. The summed E-state index contributed by atoms with van der Waals surface area (Å²) in [6.07, 6.45) is -4.27. The van der Waals surface area contributed by atoms with Gasteiger partial charge in [-0.3, -0.25) is 0 Å². The van der Waals surface area contributed by atoms with E-state index in [0.717, 1.165) is 12.1 Å². The lowest BCUT2D eigenvalue weighted by atomic mass is 10.2. The zero-order chi connectivity index (χ0) is 8.48. The van der Waals surface area contributed by atoms with Crippen LogP contribution in [0.1, 0.15) is 5.56 Å². The van der Waals surface area contributed by atoms with Crippen LogP contribution in [0.5, 0.6) is 0 Å². The molecule has 0 saturated heterocycles. The first-order valence-electron chi connectivity index (χ1n) is 2.83. The van der Waals surface area contributed by atoms with E-state index in [-0.39, 0.29) is 9.90 Å². The molecule has 0 N–H and O–H groups in total. The third kappa shape index (κ3) is 3.00. The lowest BCUT2D eigenvalue weighted by Gasteiger charge is -2.04. The van der Waals surface area contributed by atoms with Gasteiger partial charge in [0.1, 0.15) is 0 Å². The van der Waals surface area contributed by atoms with Crippen LogP contribution in [0.4, 0.5) is 13.2 Å². The van der Waals surface area contributed by atoms with Gasteiger partial charge in [-0.2, -0.15) is 23.1 Å². The second kappa shape index (κ2) is 4.11. The maximum absolute atomic E-state index is 11.9. The van der Waals surface area contributed by atoms with Gasteiger partial charge >= 0.3 is 6.18 Å². The summed E-state index contributed by atoms with van der Waals surface area (Å²) in [6.45, 7) is 0. The summed E-state index contributed by atoms with van der Waals surface area (Å²) in [5.41, 5.74) is -0.679. The van der Waals surface area contributed by atoms with E-state index in [1.165, 1.54) is 12.1 Å². The minimum atomic E-state index is -4.27. The van der Waals surface area contributed by atoms with Crippen LogP contribution in [-0.2, 0) is 6.18 Å². The van der Waals surface area contributed by atoms with Gasteiger partial charge in [0.2, 0.25) is 0 Å². The highest BCUT2D eigenvalue weighted by molar-refractivity contribution is 6.92. The predicted octanol–water partition coefficient (Wildman–Crippen LogP) is 3.42. The Balaban J connectivity index is 0.00000121. The van der Waals surface area contributed by atoms with E-state index < -0.39 is 11.7 Å². The summed E-state index contributed by atoms with van der Waals surface area (Å²) in [4.78, 5) is 0. The van der Waals surface area contributed by atoms with Gasteiger partial charge in [0.15, 0.2) is 0 Å². The van der Waals surface area contributed by atoms with Gasteiger partial charge in [-0.1, -0.05) is 11.6 Å². The number of hydrogen-bond donors (Lipinski definition) is 0. The van der Waals surface area contributed by atoms with Crippen molar-refractivity contribution in [3.8, 4) is 0 Å². The topological polar surface area (TPSA) is 0 Å². The standard InChI is InChI=1S/C7H4ClF3.H3P/c8-6-3-1-5(2-4-6)7(9,10)11;/h1-4H;1H3. The highest BCUT2D eigenvalue weighted by Crippen LogP contribution is 2.29. The molecule has 1 unspecified atom stereocenters. The van der Waals surface area contributed by atoms with Gasteiger partial charge < -0.3 is 0 Å². The summed E-state index contributed by atoms with van der Waals surface area (Å²) in [5.74, 6) is 0. The van der Waals surface area contributed by atoms with Crippen molar-refractivity contribution in [1.82, 2.24) is 0 Å². The minimum absolute atomic E-state index is 0. The normalized spacial score (nSPS) is 10.7. The van der Waals surface area contributed by atoms with E-state index in [1.54, 1.807) is 0 Å². The second-order valence-electron chi connectivity index (χ2n) is 2.00. The first-order valence-corrected chi connectivity index (χ1v) is 3.21. The van der Waals surface area contributed by atoms with Gasteiger partial charge in [0.25, 0.3) is 0 Å². The first kappa shape index (κ1) is 11.7. The summed E-state index contributed by atoms with van der Waals surface area (Å²) >= 11 is 5.39. The molecule has 0 nitrogen and oxygen atoms in total. The number of hydrogen-bond acceptors (Lipinski definition) is 0. The Hall–Kier alpha value is -0.270. The lowest BCUT2D eigenvalue weighted by Crippen LogP contribution is -2.03. The molecule has 1 aromatic carbocycles. The predicted molar refractivity (Wildman–Crippen MR) is 47.6 cm³/mol. The van der Waals surface area contributed by atoms with Crippen molar-refractivity contribution in [1.29, 1.82) is 0 Å². The van der Waals surface area contributed by atoms with Crippen LogP contribution in [0.2, 0.25) is 5.02 Å². The molecule has 0 aliphatic carbocycles. The molecule has 0 radical (unpaired) electrons. The number of halogens is 4. The molecule has 0 saturated carbocycles. The minimum Gasteiger partial charge on any atom is -0.166 e. The largest absolute Gasteiger partial charge is 0.416 e. The summed E-state index contributed by atoms with van der Waals surface area (Å²) in [6, 6.07) is 4.32. The molecule has 0 bridgehead atoms. The zero-order valence-corrected chi connectivity index (χ0v) is 8.20. The third-order valence-corrected chi connectivity index (χ3v) is 1.42. The summed E-state index contributed by atoms with van der Waals surface area (Å²) in [5, 5.41) is 0.304. The Kier molecular flexibility index (Phi) is 4.01. The average Bonchev–Trinajstić information content (AvgIpc) is 1.86. The van der Waals surface area contributed by atoms with Crippen LogP contribution in [0, 0.1) is 0 Å². The molecule has 1 atom stereocenters. The maximum atomic E-state index is 11.9. The van der Waals surface area contributed by atoms with Crippen molar-refractivity contribution in [3.63, 3.8) is 0 Å². The summed E-state index contributed by atoms with van der Waals surface area (Å²) < 4.78 is 35.6. The quantitative estimate of drug-likeness (QED) is 0.581. The van der Waals surface area contributed by atoms with E-state index in [4.69, 9.17) is 11.6 Å². The zero-order valence-electron chi connectivity index (χ0n) is 6.03. The molecule has 0 aliphatic heterocycles. The van der Waals surface area contributed by atoms with E-state index >= 15 is 0 Å².